The molecule has 206 valence electrons. The lowest BCUT2D eigenvalue weighted by atomic mass is 10.0. The molecular weight excluding hydrogens is 555 g/mol. The highest BCUT2D eigenvalue weighted by Crippen LogP contribution is 2.31. The summed E-state index contributed by atoms with van der Waals surface area (Å²) in [6.07, 6.45) is 0.578. The summed E-state index contributed by atoms with van der Waals surface area (Å²) in [4.78, 5) is 29.9. The Morgan fingerprint density at radius 2 is 1.50 bits per heavy atom. The SMILES string of the molecule is CC(C)(C)OC(=O)Nc1ccc(-c2ccc(F)cc2)cc1NC(=O)c1ccc(S(=N)(=O)c2ccc(Cl)nc2)cc1. The molecule has 0 aliphatic rings. The highest BCUT2D eigenvalue weighted by molar-refractivity contribution is 7.92. The second kappa shape index (κ2) is 11.4. The van der Waals surface area contributed by atoms with E-state index in [1.165, 1.54) is 54.7 Å². The van der Waals surface area contributed by atoms with Crippen LogP contribution in [0.25, 0.3) is 11.1 Å². The van der Waals surface area contributed by atoms with Gasteiger partial charge in [0.05, 0.1) is 21.2 Å². The maximum Gasteiger partial charge on any atom is 0.412 e. The number of anilines is 2. The summed E-state index contributed by atoms with van der Waals surface area (Å²) < 4.78 is 40.3. The van der Waals surface area contributed by atoms with Crippen molar-refractivity contribution >= 4 is 44.7 Å². The molecule has 8 nitrogen and oxygen atoms in total. The van der Waals surface area contributed by atoms with Gasteiger partial charge < -0.3 is 10.1 Å². The van der Waals surface area contributed by atoms with E-state index in [-0.39, 0.29) is 37.7 Å². The van der Waals surface area contributed by atoms with Crippen molar-refractivity contribution in [1.29, 1.82) is 4.78 Å². The predicted molar refractivity (Wildman–Crippen MR) is 153 cm³/mol. The molecule has 0 radical (unpaired) electrons. The van der Waals surface area contributed by atoms with E-state index in [1.54, 1.807) is 51.1 Å². The summed E-state index contributed by atoms with van der Waals surface area (Å²) in [5, 5.41) is 5.65. The van der Waals surface area contributed by atoms with Gasteiger partial charge >= 0.3 is 6.09 Å². The Balaban J connectivity index is 1.61. The molecule has 1 unspecified atom stereocenters. The summed E-state index contributed by atoms with van der Waals surface area (Å²) in [5.74, 6) is -0.896. The number of carbonyl (C=O) groups is 2. The molecule has 11 heteroatoms. The molecule has 0 bridgehead atoms. The van der Waals surface area contributed by atoms with Crippen LogP contribution in [0.4, 0.5) is 20.6 Å². The van der Waals surface area contributed by atoms with E-state index in [0.29, 0.717) is 11.1 Å². The number of aromatic nitrogens is 1. The number of ether oxygens (including phenoxy) is 1. The zero-order chi connectivity index (χ0) is 29.1. The fourth-order valence-corrected chi connectivity index (χ4v) is 5.02. The highest BCUT2D eigenvalue weighted by atomic mass is 35.5. The second-order valence-corrected chi connectivity index (χ2v) is 12.2. The minimum atomic E-state index is -3.37. The summed E-state index contributed by atoms with van der Waals surface area (Å²) in [7, 11) is -3.37. The number of nitrogens with one attached hydrogen (secondary N) is 3. The third-order valence-corrected chi connectivity index (χ3v) is 7.63. The van der Waals surface area contributed by atoms with Crippen LogP contribution in [-0.2, 0) is 14.5 Å². The Labute approximate surface area is 236 Å². The van der Waals surface area contributed by atoms with Gasteiger partial charge in [-0.25, -0.2) is 23.2 Å². The van der Waals surface area contributed by atoms with Crippen molar-refractivity contribution in [3.05, 3.63) is 102 Å². The van der Waals surface area contributed by atoms with Gasteiger partial charge in [-0.1, -0.05) is 29.8 Å². The smallest absolute Gasteiger partial charge is 0.412 e. The van der Waals surface area contributed by atoms with Crippen LogP contribution < -0.4 is 10.6 Å². The van der Waals surface area contributed by atoms with Gasteiger partial charge in [-0.15, -0.1) is 0 Å². The minimum Gasteiger partial charge on any atom is -0.444 e. The van der Waals surface area contributed by atoms with Gasteiger partial charge in [0.2, 0.25) is 0 Å². The topological polar surface area (TPSA) is 121 Å². The van der Waals surface area contributed by atoms with Gasteiger partial charge in [0, 0.05) is 11.8 Å². The van der Waals surface area contributed by atoms with Gasteiger partial charge in [0.25, 0.3) is 5.91 Å². The van der Waals surface area contributed by atoms with Crippen molar-refractivity contribution in [2.75, 3.05) is 10.6 Å². The first kappa shape index (κ1) is 28.7. The average Bonchev–Trinajstić information content (AvgIpc) is 2.89. The molecule has 40 heavy (non-hydrogen) atoms. The largest absolute Gasteiger partial charge is 0.444 e. The standard InChI is InChI=1S/C29H26ClFN4O4S/c1-29(2,3)39-28(37)35-24-14-8-20(18-4-9-21(31)10-5-18)16-25(24)34-27(36)19-6-11-22(12-7-19)40(32,38)23-13-15-26(30)33-17-23/h4-17,32H,1-3H3,(H,34,36)(H,35,37). The first-order chi connectivity index (χ1) is 18.8. The molecule has 0 aliphatic carbocycles. The third-order valence-electron chi connectivity index (χ3n) is 5.56. The van der Waals surface area contributed by atoms with E-state index < -0.39 is 27.3 Å². The fourth-order valence-electron chi connectivity index (χ4n) is 3.65. The summed E-state index contributed by atoms with van der Waals surface area (Å²) in [5.41, 5.74) is 1.43. The summed E-state index contributed by atoms with van der Waals surface area (Å²) >= 11 is 5.79. The molecule has 1 atom stereocenters. The van der Waals surface area contributed by atoms with Crippen molar-refractivity contribution in [3.8, 4) is 11.1 Å². The molecule has 0 aliphatic heterocycles. The van der Waals surface area contributed by atoms with E-state index >= 15 is 0 Å². The van der Waals surface area contributed by atoms with Crippen molar-refractivity contribution in [2.45, 2.75) is 36.2 Å². The molecule has 1 aromatic heterocycles. The number of rotatable bonds is 6. The molecule has 3 N–H and O–H groups in total. The zero-order valence-corrected chi connectivity index (χ0v) is 23.4. The monoisotopic (exact) mass is 580 g/mol. The third kappa shape index (κ3) is 7.02. The van der Waals surface area contributed by atoms with E-state index in [4.69, 9.17) is 21.1 Å². The quantitative estimate of drug-likeness (QED) is 0.203. The molecule has 3 aromatic carbocycles. The van der Waals surface area contributed by atoms with Gasteiger partial charge in [-0.2, -0.15) is 0 Å². The lowest BCUT2D eigenvalue weighted by Gasteiger charge is -2.21. The van der Waals surface area contributed by atoms with Gasteiger partial charge in [0.1, 0.15) is 26.3 Å². The lowest BCUT2D eigenvalue weighted by Crippen LogP contribution is -2.27. The molecule has 0 spiro atoms. The molecule has 0 saturated carbocycles. The van der Waals surface area contributed by atoms with Gasteiger partial charge in [-0.05, 0) is 92.6 Å². The van der Waals surface area contributed by atoms with Gasteiger partial charge in [-0.3, -0.25) is 10.1 Å². The van der Waals surface area contributed by atoms with Crippen LogP contribution >= 0.6 is 11.6 Å². The first-order valence-electron chi connectivity index (χ1n) is 12.0. The predicted octanol–water partition coefficient (Wildman–Crippen LogP) is 7.61. The van der Waals surface area contributed by atoms with Crippen LogP contribution in [0.1, 0.15) is 31.1 Å². The summed E-state index contributed by atoms with van der Waals surface area (Å²) in [6, 6.07) is 19.5. The average molecular weight is 581 g/mol. The number of hydrogen-bond acceptors (Lipinski definition) is 6. The number of halogens is 2. The maximum absolute atomic E-state index is 13.4. The van der Waals surface area contributed by atoms with Crippen LogP contribution in [0.3, 0.4) is 0 Å². The van der Waals surface area contributed by atoms with Gasteiger partial charge in [0.15, 0.2) is 0 Å². The second-order valence-electron chi connectivity index (χ2n) is 9.75. The number of pyridine rings is 1. The van der Waals surface area contributed by atoms with Crippen LogP contribution in [0, 0.1) is 10.6 Å². The molecule has 0 fully saturated rings. The first-order valence-corrected chi connectivity index (χ1v) is 14.0. The molecular formula is C29H26ClFN4O4S. The van der Waals surface area contributed by atoms with Crippen LogP contribution in [0.2, 0.25) is 5.15 Å². The van der Waals surface area contributed by atoms with E-state index in [9.17, 15) is 18.2 Å². The Hall–Kier alpha value is -4.28. The zero-order valence-electron chi connectivity index (χ0n) is 21.8. The fraction of sp³-hybridized carbons (Fsp3) is 0.138. The Morgan fingerprint density at radius 1 is 0.875 bits per heavy atom. The van der Waals surface area contributed by atoms with Crippen LogP contribution in [-0.4, -0.2) is 26.8 Å². The van der Waals surface area contributed by atoms with Crippen molar-refractivity contribution in [2.24, 2.45) is 0 Å². The Kier molecular flexibility index (Phi) is 8.22. The van der Waals surface area contributed by atoms with E-state index in [1.807, 2.05) is 0 Å². The van der Waals surface area contributed by atoms with E-state index in [2.05, 4.69) is 15.6 Å². The highest BCUT2D eigenvalue weighted by Gasteiger charge is 2.19. The van der Waals surface area contributed by atoms with Crippen LogP contribution in [0.5, 0.6) is 0 Å². The lowest BCUT2D eigenvalue weighted by molar-refractivity contribution is 0.0635. The minimum absolute atomic E-state index is 0.185. The number of hydrogen-bond donors (Lipinski definition) is 3. The molecule has 1 heterocycles. The van der Waals surface area contributed by atoms with Crippen LogP contribution in [0.15, 0.2) is 94.9 Å². The molecule has 4 rings (SSSR count). The Morgan fingerprint density at radius 3 is 2.10 bits per heavy atom. The van der Waals surface area contributed by atoms with E-state index in [0.717, 1.165) is 0 Å². The number of nitrogens with zero attached hydrogens (tertiary/aromatic N) is 1. The number of amides is 2. The normalized spacial score (nSPS) is 12.7. The number of carbonyl (C=O) groups excluding carboxylic acids is 2. The maximum atomic E-state index is 13.4. The molecule has 4 aromatic rings. The number of benzene rings is 3. The van der Waals surface area contributed by atoms with Crippen molar-refractivity contribution in [3.63, 3.8) is 0 Å². The molecule has 2 amide bonds. The van der Waals surface area contributed by atoms with Crippen molar-refractivity contribution in [1.82, 2.24) is 4.98 Å². The van der Waals surface area contributed by atoms with Crippen molar-refractivity contribution < 1.29 is 22.9 Å². The molecule has 0 saturated heterocycles. The Bertz CT molecular complexity index is 1650. The summed E-state index contributed by atoms with van der Waals surface area (Å²) in [6.45, 7) is 5.19.